The molecule has 0 fully saturated rings. The molecule has 0 radical (unpaired) electrons. The Labute approximate surface area is 89.4 Å². The lowest BCUT2D eigenvalue weighted by molar-refractivity contribution is 0.373. The molecule has 0 amide bonds. The first-order valence-corrected chi connectivity index (χ1v) is 4.76. The molecule has 4 heteroatoms. The number of phenols is 1. The highest BCUT2D eigenvalue weighted by molar-refractivity contribution is 5.84. The zero-order valence-electron chi connectivity index (χ0n) is 8.97. The minimum absolute atomic E-state index is 0.0222. The number of rotatable bonds is 4. The van der Waals surface area contributed by atoms with Crippen LogP contribution in [0.4, 0.5) is 0 Å². The molecule has 1 aromatic carbocycles. The van der Waals surface area contributed by atoms with Crippen LogP contribution >= 0.6 is 0 Å². The monoisotopic (exact) mass is 208 g/mol. The van der Waals surface area contributed by atoms with Crippen molar-refractivity contribution in [3.63, 3.8) is 0 Å². The van der Waals surface area contributed by atoms with Crippen LogP contribution in [0.3, 0.4) is 0 Å². The summed E-state index contributed by atoms with van der Waals surface area (Å²) < 4.78 is 4.98. The Morgan fingerprint density at radius 3 is 2.93 bits per heavy atom. The van der Waals surface area contributed by atoms with E-state index in [4.69, 9.17) is 10.5 Å². The van der Waals surface area contributed by atoms with Gasteiger partial charge in [0.15, 0.2) is 11.5 Å². The van der Waals surface area contributed by atoms with Gasteiger partial charge in [-0.2, -0.15) is 0 Å². The third-order valence-electron chi connectivity index (χ3n) is 1.87. The first-order valence-electron chi connectivity index (χ1n) is 4.76. The van der Waals surface area contributed by atoms with E-state index in [1.807, 2.05) is 6.92 Å². The third-order valence-corrected chi connectivity index (χ3v) is 1.87. The first kappa shape index (κ1) is 11.5. The Morgan fingerprint density at radius 1 is 1.60 bits per heavy atom. The van der Waals surface area contributed by atoms with Gasteiger partial charge in [0.2, 0.25) is 0 Å². The van der Waals surface area contributed by atoms with Gasteiger partial charge >= 0.3 is 0 Å². The van der Waals surface area contributed by atoms with Gasteiger partial charge in [0.25, 0.3) is 0 Å². The van der Waals surface area contributed by atoms with E-state index in [9.17, 15) is 5.11 Å². The zero-order valence-corrected chi connectivity index (χ0v) is 8.97. The fourth-order valence-corrected chi connectivity index (χ4v) is 1.13. The van der Waals surface area contributed by atoms with Gasteiger partial charge in [0.1, 0.15) is 0 Å². The SMILES string of the molecule is COc1cccc(C=NCC(C)N)c1O. The van der Waals surface area contributed by atoms with Crippen molar-refractivity contribution in [1.82, 2.24) is 0 Å². The molecule has 0 heterocycles. The Hall–Kier alpha value is -1.55. The van der Waals surface area contributed by atoms with E-state index in [0.717, 1.165) is 0 Å². The van der Waals surface area contributed by atoms with Crippen LogP contribution in [0, 0.1) is 0 Å². The molecule has 0 aliphatic heterocycles. The quantitative estimate of drug-likeness (QED) is 0.730. The number of aromatic hydroxyl groups is 1. The summed E-state index contributed by atoms with van der Waals surface area (Å²) in [6.45, 7) is 2.42. The Bertz CT molecular complexity index is 348. The maximum Gasteiger partial charge on any atom is 0.166 e. The van der Waals surface area contributed by atoms with Gasteiger partial charge in [-0.1, -0.05) is 6.07 Å². The number of aliphatic imine (C=N–C) groups is 1. The van der Waals surface area contributed by atoms with Crippen molar-refractivity contribution >= 4 is 6.21 Å². The van der Waals surface area contributed by atoms with Crippen LogP contribution in [-0.4, -0.2) is 31.0 Å². The van der Waals surface area contributed by atoms with Gasteiger partial charge in [0, 0.05) is 17.8 Å². The lowest BCUT2D eigenvalue weighted by Gasteiger charge is -2.05. The lowest BCUT2D eigenvalue weighted by Crippen LogP contribution is -2.18. The molecule has 0 saturated carbocycles. The van der Waals surface area contributed by atoms with E-state index in [0.29, 0.717) is 17.9 Å². The minimum atomic E-state index is 0.0222. The predicted molar refractivity (Wildman–Crippen MR) is 60.8 cm³/mol. The van der Waals surface area contributed by atoms with Crippen LogP contribution in [0.5, 0.6) is 11.5 Å². The van der Waals surface area contributed by atoms with Crippen LogP contribution in [0.2, 0.25) is 0 Å². The summed E-state index contributed by atoms with van der Waals surface area (Å²) >= 11 is 0. The van der Waals surface area contributed by atoms with Crippen molar-refractivity contribution in [2.24, 2.45) is 10.7 Å². The molecule has 1 aromatic rings. The highest BCUT2D eigenvalue weighted by Gasteiger charge is 2.04. The van der Waals surface area contributed by atoms with Crippen LogP contribution in [0.25, 0.3) is 0 Å². The van der Waals surface area contributed by atoms with Gasteiger partial charge in [-0.15, -0.1) is 0 Å². The van der Waals surface area contributed by atoms with Crippen LogP contribution in [0.15, 0.2) is 23.2 Å². The number of phenolic OH excluding ortho intramolecular Hbond substituents is 1. The standard InChI is InChI=1S/C11H16N2O2/c1-8(12)6-13-7-9-4-3-5-10(15-2)11(9)14/h3-5,7-8,14H,6,12H2,1-2H3. The largest absolute Gasteiger partial charge is 0.504 e. The Morgan fingerprint density at radius 2 is 2.33 bits per heavy atom. The summed E-state index contributed by atoms with van der Waals surface area (Å²) in [5.41, 5.74) is 6.18. The fraction of sp³-hybridized carbons (Fsp3) is 0.364. The van der Waals surface area contributed by atoms with Crippen molar-refractivity contribution in [3.8, 4) is 11.5 Å². The molecule has 0 aliphatic rings. The van der Waals surface area contributed by atoms with E-state index in [1.54, 1.807) is 24.4 Å². The number of ether oxygens (including phenoxy) is 1. The molecule has 3 N–H and O–H groups in total. The predicted octanol–water partition coefficient (Wildman–Crippen LogP) is 1.17. The molecule has 1 atom stereocenters. The number of hydrogen-bond acceptors (Lipinski definition) is 4. The summed E-state index contributed by atoms with van der Waals surface area (Å²) in [4.78, 5) is 4.11. The summed E-state index contributed by atoms with van der Waals surface area (Å²) in [5.74, 6) is 0.549. The maximum absolute atomic E-state index is 9.71. The van der Waals surface area contributed by atoms with Crippen molar-refractivity contribution in [3.05, 3.63) is 23.8 Å². The van der Waals surface area contributed by atoms with Gasteiger partial charge in [0.05, 0.1) is 13.7 Å². The molecular weight excluding hydrogens is 192 g/mol. The second-order valence-corrected chi connectivity index (χ2v) is 3.37. The lowest BCUT2D eigenvalue weighted by atomic mass is 10.2. The summed E-state index contributed by atoms with van der Waals surface area (Å²) in [6.07, 6.45) is 1.60. The van der Waals surface area contributed by atoms with Gasteiger partial charge in [-0.05, 0) is 19.1 Å². The highest BCUT2D eigenvalue weighted by atomic mass is 16.5. The molecule has 4 nitrogen and oxygen atoms in total. The molecule has 0 aliphatic carbocycles. The van der Waals surface area contributed by atoms with E-state index >= 15 is 0 Å². The molecule has 15 heavy (non-hydrogen) atoms. The molecule has 0 bridgehead atoms. The third kappa shape index (κ3) is 3.25. The average molecular weight is 208 g/mol. The van der Waals surface area contributed by atoms with Crippen molar-refractivity contribution in [2.75, 3.05) is 13.7 Å². The minimum Gasteiger partial charge on any atom is -0.504 e. The second kappa shape index (κ2) is 5.36. The van der Waals surface area contributed by atoms with Gasteiger partial charge in [-0.3, -0.25) is 4.99 Å². The van der Waals surface area contributed by atoms with E-state index in [-0.39, 0.29) is 11.8 Å². The number of benzene rings is 1. The van der Waals surface area contributed by atoms with Crippen LogP contribution in [0.1, 0.15) is 12.5 Å². The molecule has 0 saturated heterocycles. The van der Waals surface area contributed by atoms with E-state index in [2.05, 4.69) is 4.99 Å². The summed E-state index contributed by atoms with van der Waals surface area (Å²) in [7, 11) is 1.51. The van der Waals surface area contributed by atoms with Crippen molar-refractivity contribution < 1.29 is 9.84 Å². The number of nitrogens with zero attached hydrogens (tertiary/aromatic N) is 1. The number of para-hydroxylation sites is 1. The van der Waals surface area contributed by atoms with E-state index in [1.165, 1.54) is 7.11 Å². The molecule has 1 unspecified atom stereocenters. The van der Waals surface area contributed by atoms with E-state index < -0.39 is 0 Å². The average Bonchev–Trinajstić information content (AvgIpc) is 2.20. The van der Waals surface area contributed by atoms with Gasteiger partial charge < -0.3 is 15.6 Å². The number of methoxy groups -OCH3 is 1. The van der Waals surface area contributed by atoms with Gasteiger partial charge in [-0.25, -0.2) is 0 Å². The molecule has 0 aromatic heterocycles. The van der Waals surface area contributed by atoms with Crippen molar-refractivity contribution in [2.45, 2.75) is 13.0 Å². The highest BCUT2D eigenvalue weighted by Crippen LogP contribution is 2.27. The summed E-state index contributed by atoms with van der Waals surface area (Å²) in [5, 5.41) is 9.71. The second-order valence-electron chi connectivity index (χ2n) is 3.37. The fourth-order valence-electron chi connectivity index (χ4n) is 1.13. The first-order chi connectivity index (χ1) is 7.15. The molecule has 0 spiro atoms. The molecule has 1 rings (SSSR count). The number of hydrogen-bond donors (Lipinski definition) is 2. The van der Waals surface area contributed by atoms with Crippen molar-refractivity contribution in [1.29, 1.82) is 0 Å². The topological polar surface area (TPSA) is 67.8 Å². The Balaban J connectivity index is 2.81. The molecular formula is C11H16N2O2. The maximum atomic E-state index is 9.71. The zero-order chi connectivity index (χ0) is 11.3. The normalized spacial score (nSPS) is 13.0. The Kier molecular flexibility index (Phi) is 4.12. The summed E-state index contributed by atoms with van der Waals surface area (Å²) in [6, 6.07) is 5.28. The van der Waals surface area contributed by atoms with Crippen LogP contribution < -0.4 is 10.5 Å². The smallest absolute Gasteiger partial charge is 0.166 e. The van der Waals surface area contributed by atoms with Crippen LogP contribution in [-0.2, 0) is 0 Å². The molecule has 82 valence electrons. The number of nitrogens with two attached hydrogens (primary N) is 1.